The van der Waals surface area contributed by atoms with Crippen molar-refractivity contribution in [1.29, 1.82) is 10.5 Å². The van der Waals surface area contributed by atoms with Crippen LogP contribution < -0.4 is 0 Å². The molecule has 2 fully saturated rings. The fourth-order valence-electron chi connectivity index (χ4n) is 3.35. The number of benzene rings is 2. The van der Waals surface area contributed by atoms with Crippen LogP contribution in [0.3, 0.4) is 0 Å². The Kier molecular flexibility index (Phi) is 6.43. The summed E-state index contributed by atoms with van der Waals surface area (Å²) in [5.41, 5.74) is 2.68. The van der Waals surface area contributed by atoms with Crippen molar-refractivity contribution >= 4 is 11.4 Å². The van der Waals surface area contributed by atoms with Crippen LogP contribution in [0.25, 0.3) is 0 Å². The average molecular weight is 414 g/mol. The van der Waals surface area contributed by atoms with Gasteiger partial charge in [0.05, 0.1) is 67.7 Å². The van der Waals surface area contributed by atoms with Gasteiger partial charge >= 0.3 is 0 Å². The van der Waals surface area contributed by atoms with E-state index in [1.54, 1.807) is 48.5 Å². The second kappa shape index (κ2) is 9.76. The molecule has 0 N–H and O–H groups in total. The highest BCUT2D eigenvalue weighted by atomic mass is 15.6. The van der Waals surface area contributed by atoms with Crippen molar-refractivity contribution in [3.8, 4) is 12.1 Å². The third-order valence-corrected chi connectivity index (χ3v) is 5.04. The predicted molar refractivity (Wildman–Crippen MR) is 113 cm³/mol. The molecule has 2 unspecified atom stereocenters. The van der Waals surface area contributed by atoms with E-state index >= 15 is 0 Å². The molecule has 0 spiro atoms. The first-order valence-electron chi connectivity index (χ1n) is 10.00. The van der Waals surface area contributed by atoms with E-state index in [-0.39, 0.29) is 0 Å². The molecular formula is C21H22N10. The summed E-state index contributed by atoms with van der Waals surface area (Å²) in [6.07, 6.45) is 0. The summed E-state index contributed by atoms with van der Waals surface area (Å²) in [4.78, 5) is 4.62. The molecular weight excluding hydrogens is 392 g/mol. The van der Waals surface area contributed by atoms with Crippen LogP contribution in [0, 0.1) is 22.7 Å². The highest BCUT2D eigenvalue weighted by molar-refractivity contribution is 5.42. The van der Waals surface area contributed by atoms with Gasteiger partial charge in [-0.05, 0) is 48.5 Å². The Labute approximate surface area is 180 Å². The minimum atomic E-state index is 0.610. The predicted octanol–water partition coefficient (Wildman–Crippen LogP) is 3.24. The monoisotopic (exact) mass is 414 g/mol. The number of rotatable bonds is 4. The van der Waals surface area contributed by atoms with Crippen LogP contribution in [0.2, 0.25) is 0 Å². The third kappa shape index (κ3) is 5.60. The highest BCUT2D eigenvalue weighted by Gasteiger charge is 2.25. The molecule has 156 valence electrons. The van der Waals surface area contributed by atoms with Gasteiger partial charge in [0.15, 0.2) is 0 Å². The Morgan fingerprint density at radius 1 is 0.581 bits per heavy atom. The van der Waals surface area contributed by atoms with Crippen molar-refractivity contribution in [2.45, 2.75) is 0 Å². The van der Waals surface area contributed by atoms with Gasteiger partial charge in [-0.15, -0.1) is 10.2 Å². The molecule has 0 saturated carbocycles. The summed E-state index contributed by atoms with van der Waals surface area (Å²) in [7, 11) is 0. The summed E-state index contributed by atoms with van der Waals surface area (Å²) in [5.74, 6) is 0. The summed E-state index contributed by atoms with van der Waals surface area (Å²) < 4.78 is 0. The van der Waals surface area contributed by atoms with E-state index < -0.39 is 0 Å². The van der Waals surface area contributed by atoms with Crippen molar-refractivity contribution < 1.29 is 0 Å². The van der Waals surface area contributed by atoms with E-state index in [0.717, 1.165) is 44.2 Å². The maximum atomic E-state index is 8.88. The summed E-state index contributed by atoms with van der Waals surface area (Å²) in [6.45, 7) is 5.42. The lowest BCUT2D eigenvalue weighted by molar-refractivity contribution is 0.134. The SMILES string of the molecule is N#Cc1ccc(N=NN2CCN3CN(CCN(N=Nc4ccc(C#N)cc4)C3)C2)cc1. The van der Waals surface area contributed by atoms with Gasteiger partial charge in [-0.2, -0.15) is 10.5 Å². The van der Waals surface area contributed by atoms with Crippen LogP contribution in [-0.2, 0) is 0 Å². The third-order valence-electron chi connectivity index (χ3n) is 5.04. The number of hydrogen-bond acceptors (Lipinski definition) is 8. The molecule has 2 heterocycles. The van der Waals surface area contributed by atoms with E-state index in [0.29, 0.717) is 24.5 Å². The minimum Gasteiger partial charge on any atom is -0.270 e. The summed E-state index contributed by atoms with van der Waals surface area (Å²) >= 11 is 0. The Morgan fingerprint density at radius 3 is 1.39 bits per heavy atom. The second-order valence-electron chi connectivity index (χ2n) is 7.37. The highest BCUT2D eigenvalue weighted by Crippen LogP contribution is 2.17. The Balaban J connectivity index is 1.33. The molecule has 0 aromatic heterocycles. The van der Waals surface area contributed by atoms with Crippen molar-refractivity contribution in [3.63, 3.8) is 0 Å². The van der Waals surface area contributed by atoms with Gasteiger partial charge in [-0.25, -0.2) is 0 Å². The fraction of sp³-hybridized carbons (Fsp3) is 0.333. The minimum absolute atomic E-state index is 0.610. The molecule has 31 heavy (non-hydrogen) atoms. The van der Waals surface area contributed by atoms with E-state index in [1.165, 1.54) is 0 Å². The first-order chi connectivity index (χ1) is 15.2. The van der Waals surface area contributed by atoms with Gasteiger partial charge in [-0.1, -0.05) is 10.4 Å². The van der Waals surface area contributed by atoms with Gasteiger partial charge in [0.1, 0.15) is 0 Å². The Bertz CT molecular complexity index is 933. The molecule has 2 aromatic rings. The van der Waals surface area contributed by atoms with E-state index in [1.807, 2.05) is 10.0 Å². The molecule has 0 radical (unpaired) electrons. The van der Waals surface area contributed by atoms with Gasteiger partial charge in [0.2, 0.25) is 0 Å². The lowest BCUT2D eigenvalue weighted by Gasteiger charge is -2.24. The van der Waals surface area contributed by atoms with Crippen molar-refractivity contribution in [2.75, 3.05) is 46.2 Å². The molecule has 0 aliphatic carbocycles. The summed E-state index contributed by atoms with van der Waals surface area (Å²) in [5, 5.41) is 39.1. The van der Waals surface area contributed by atoms with Crippen molar-refractivity contribution in [3.05, 3.63) is 59.7 Å². The van der Waals surface area contributed by atoms with Gasteiger partial charge in [0.25, 0.3) is 0 Å². The van der Waals surface area contributed by atoms with Gasteiger partial charge in [-0.3, -0.25) is 19.8 Å². The smallest absolute Gasteiger partial charge is 0.0991 e. The number of hydrogen-bond donors (Lipinski definition) is 0. The van der Waals surface area contributed by atoms with E-state index in [2.05, 4.69) is 42.6 Å². The zero-order valence-corrected chi connectivity index (χ0v) is 17.0. The summed E-state index contributed by atoms with van der Waals surface area (Å²) in [6, 6.07) is 18.3. The van der Waals surface area contributed by atoms with Crippen molar-refractivity contribution in [1.82, 2.24) is 19.8 Å². The fourth-order valence-corrected chi connectivity index (χ4v) is 3.35. The van der Waals surface area contributed by atoms with Crippen LogP contribution in [0.1, 0.15) is 11.1 Å². The first kappa shape index (κ1) is 20.4. The maximum absolute atomic E-state index is 8.88. The molecule has 2 aliphatic rings. The molecule has 0 amide bonds. The molecule has 10 nitrogen and oxygen atoms in total. The quantitative estimate of drug-likeness (QED) is 0.710. The normalized spacial score (nSPS) is 21.5. The molecule has 2 bridgehead atoms. The maximum Gasteiger partial charge on any atom is 0.0991 e. The van der Waals surface area contributed by atoms with Crippen LogP contribution in [-0.4, -0.2) is 66.0 Å². The lowest BCUT2D eigenvalue weighted by Crippen LogP contribution is -2.36. The number of fused-ring (bicyclic) bond motifs is 2. The molecule has 4 rings (SSSR count). The second-order valence-corrected chi connectivity index (χ2v) is 7.37. The zero-order valence-electron chi connectivity index (χ0n) is 17.0. The Morgan fingerprint density at radius 2 is 1.00 bits per heavy atom. The molecule has 2 atom stereocenters. The molecule has 2 aromatic carbocycles. The first-order valence-corrected chi connectivity index (χ1v) is 10.00. The Hall–Kier alpha value is -3.86. The van der Waals surface area contributed by atoms with Crippen LogP contribution in [0.4, 0.5) is 11.4 Å². The number of nitrogens with zero attached hydrogens (tertiary/aromatic N) is 10. The molecule has 2 aliphatic heterocycles. The topological polar surface area (TPSA) is 110 Å². The van der Waals surface area contributed by atoms with Gasteiger partial charge in [0, 0.05) is 13.1 Å². The molecule has 2 saturated heterocycles. The average Bonchev–Trinajstić information content (AvgIpc) is 3.14. The largest absolute Gasteiger partial charge is 0.270 e. The van der Waals surface area contributed by atoms with Crippen LogP contribution in [0.5, 0.6) is 0 Å². The van der Waals surface area contributed by atoms with Crippen LogP contribution in [0.15, 0.2) is 69.2 Å². The molecule has 10 heteroatoms. The van der Waals surface area contributed by atoms with E-state index in [9.17, 15) is 0 Å². The zero-order chi connectivity index (χ0) is 21.5. The van der Waals surface area contributed by atoms with Crippen molar-refractivity contribution in [2.24, 2.45) is 20.7 Å². The number of nitriles is 2. The van der Waals surface area contributed by atoms with E-state index in [4.69, 9.17) is 10.5 Å². The van der Waals surface area contributed by atoms with Crippen LogP contribution >= 0.6 is 0 Å². The lowest BCUT2D eigenvalue weighted by atomic mass is 10.2. The standard InChI is InChI=1S/C21H22N10/c22-13-18-1-5-20(6-2-18)24-26-30-11-9-29-15-28(16-30)10-12-31(17-29)27-25-21-7-3-19(14-23)4-8-21/h1-8H,9-12,15-17H2. The van der Waals surface area contributed by atoms with Gasteiger partial charge < -0.3 is 0 Å².